The number of ether oxygens (including phenoxy) is 1. The number of hydrogen-bond donors (Lipinski definition) is 1. The van der Waals surface area contributed by atoms with Gasteiger partial charge in [0.05, 0.1) is 13.2 Å². The van der Waals surface area contributed by atoms with Crippen LogP contribution in [0.15, 0.2) is 48.5 Å². The number of piperazine rings is 1. The van der Waals surface area contributed by atoms with Gasteiger partial charge in [-0.3, -0.25) is 14.6 Å². The van der Waals surface area contributed by atoms with Gasteiger partial charge in [0.2, 0.25) is 5.91 Å². The number of nitrogens with zero attached hydrogens (tertiary/aromatic N) is 2. The van der Waals surface area contributed by atoms with Crippen LogP contribution in [0, 0.1) is 6.92 Å². The summed E-state index contributed by atoms with van der Waals surface area (Å²) in [5.74, 6) is 1.04. The van der Waals surface area contributed by atoms with Crippen LogP contribution in [-0.2, 0) is 17.9 Å². The Morgan fingerprint density at radius 2 is 1.82 bits per heavy atom. The average Bonchev–Trinajstić information content (AvgIpc) is 2.73. The lowest BCUT2D eigenvalue weighted by Gasteiger charge is -2.37. The van der Waals surface area contributed by atoms with E-state index < -0.39 is 0 Å². The summed E-state index contributed by atoms with van der Waals surface area (Å²) in [4.78, 5) is 17.2. The van der Waals surface area contributed by atoms with Gasteiger partial charge in [-0.1, -0.05) is 48.0 Å². The van der Waals surface area contributed by atoms with Crippen molar-refractivity contribution < 1.29 is 9.53 Å². The summed E-state index contributed by atoms with van der Waals surface area (Å²) < 4.78 is 5.51. The number of aryl methyl sites for hydroxylation is 1. The number of carbonyl (C=O) groups excluding carboxylic acids is 1. The van der Waals surface area contributed by atoms with E-state index in [4.69, 9.17) is 4.74 Å². The molecule has 0 bridgehead atoms. The average molecular weight is 382 g/mol. The SMILES string of the molecule is COc1ccc(C)cc1CN1CCN([C@@H](C)C(=O)NCc2ccccc2)CC1. The first kappa shape index (κ1) is 20.4. The van der Waals surface area contributed by atoms with Crippen LogP contribution in [0.25, 0.3) is 0 Å². The Balaban J connectivity index is 1.48. The summed E-state index contributed by atoms with van der Waals surface area (Å²) in [6.45, 7) is 9.27. The van der Waals surface area contributed by atoms with Crippen LogP contribution in [0.3, 0.4) is 0 Å². The molecule has 1 fully saturated rings. The van der Waals surface area contributed by atoms with Crippen molar-refractivity contribution in [1.29, 1.82) is 0 Å². The second-order valence-electron chi connectivity index (χ2n) is 7.51. The minimum absolute atomic E-state index is 0.0951. The highest BCUT2D eigenvalue weighted by Gasteiger charge is 2.25. The molecule has 0 aliphatic carbocycles. The van der Waals surface area contributed by atoms with Crippen LogP contribution in [0.5, 0.6) is 5.75 Å². The molecule has 1 N–H and O–H groups in total. The van der Waals surface area contributed by atoms with Gasteiger partial charge in [-0.25, -0.2) is 0 Å². The molecule has 1 aliphatic rings. The molecule has 3 rings (SSSR count). The molecule has 1 aliphatic heterocycles. The van der Waals surface area contributed by atoms with Gasteiger partial charge in [0.1, 0.15) is 5.75 Å². The number of carbonyl (C=O) groups is 1. The number of amides is 1. The van der Waals surface area contributed by atoms with Crippen molar-refractivity contribution in [2.45, 2.75) is 33.0 Å². The number of nitrogens with one attached hydrogen (secondary N) is 1. The molecule has 0 radical (unpaired) electrons. The molecule has 0 spiro atoms. The Kier molecular flexibility index (Phi) is 7.06. The predicted molar refractivity (Wildman–Crippen MR) is 112 cm³/mol. The van der Waals surface area contributed by atoms with E-state index in [1.807, 2.05) is 43.3 Å². The molecule has 1 heterocycles. The minimum Gasteiger partial charge on any atom is -0.496 e. The lowest BCUT2D eigenvalue weighted by atomic mass is 10.1. The first-order chi connectivity index (χ1) is 13.6. The lowest BCUT2D eigenvalue weighted by molar-refractivity contribution is -0.126. The van der Waals surface area contributed by atoms with E-state index in [1.54, 1.807) is 7.11 Å². The van der Waals surface area contributed by atoms with E-state index in [-0.39, 0.29) is 11.9 Å². The second-order valence-corrected chi connectivity index (χ2v) is 7.51. The van der Waals surface area contributed by atoms with Crippen LogP contribution in [0.4, 0.5) is 0 Å². The van der Waals surface area contributed by atoms with Crippen molar-refractivity contribution in [3.05, 3.63) is 65.2 Å². The molecule has 5 heteroatoms. The summed E-state index contributed by atoms with van der Waals surface area (Å²) in [6, 6.07) is 16.2. The first-order valence-electron chi connectivity index (χ1n) is 9.98. The Morgan fingerprint density at radius 3 is 2.50 bits per heavy atom. The highest BCUT2D eigenvalue weighted by atomic mass is 16.5. The van der Waals surface area contributed by atoms with E-state index in [0.717, 1.165) is 44.0 Å². The molecule has 0 unspecified atom stereocenters. The van der Waals surface area contributed by atoms with Crippen molar-refractivity contribution in [2.24, 2.45) is 0 Å². The smallest absolute Gasteiger partial charge is 0.237 e. The number of benzene rings is 2. The molecule has 1 amide bonds. The Morgan fingerprint density at radius 1 is 1.11 bits per heavy atom. The van der Waals surface area contributed by atoms with Gasteiger partial charge < -0.3 is 10.1 Å². The van der Waals surface area contributed by atoms with E-state index in [2.05, 4.69) is 34.2 Å². The quantitative estimate of drug-likeness (QED) is 0.801. The maximum absolute atomic E-state index is 12.5. The largest absolute Gasteiger partial charge is 0.496 e. The molecule has 0 aromatic heterocycles. The highest BCUT2D eigenvalue weighted by Crippen LogP contribution is 2.22. The second kappa shape index (κ2) is 9.71. The molecule has 28 heavy (non-hydrogen) atoms. The zero-order valence-electron chi connectivity index (χ0n) is 17.1. The summed E-state index contributed by atoms with van der Waals surface area (Å²) in [6.07, 6.45) is 0. The maximum Gasteiger partial charge on any atom is 0.237 e. The van der Waals surface area contributed by atoms with Gasteiger partial charge in [0.25, 0.3) is 0 Å². The van der Waals surface area contributed by atoms with Gasteiger partial charge in [0.15, 0.2) is 0 Å². The lowest BCUT2D eigenvalue weighted by Crippen LogP contribution is -2.53. The monoisotopic (exact) mass is 381 g/mol. The van der Waals surface area contributed by atoms with Crippen molar-refractivity contribution in [2.75, 3.05) is 33.3 Å². The van der Waals surface area contributed by atoms with Crippen LogP contribution < -0.4 is 10.1 Å². The Hall–Kier alpha value is -2.37. The molecular formula is C23H31N3O2. The third kappa shape index (κ3) is 5.33. The number of hydrogen-bond acceptors (Lipinski definition) is 4. The molecule has 0 saturated carbocycles. The van der Waals surface area contributed by atoms with E-state index >= 15 is 0 Å². The van der Waals surface area contributed by atoms with Crippen molar-refractivity contribution >= 4 is 5.91 Å². The molecule has 1 saturated heterocycles. The third-order valence-corrected chi connectivity index (χ3v) is 5.47. The van der Waals surface area contributed by atoms with Crippen LogP contribution in [0.2, 0.25) is 0 Å². The third-order valence-electron chi connectivity index (χ3n) is 5.47. The molecule has 2 aromatic rings. The summed E-state index contributed by atoms with van der Waals surface area (Å²) in [5, 5.41) is 3.06. The van der Waals surface area contributed by atoms with Crippen LogP contribution in [0.1, 0.15) is 23.6 Å². The fraction of sp³-hybridized carbons (Fsp3) is 0.435. The zero-order chi connectivity index (χ0) is 19.9. The van der Waals surface area contributed by atoms with Crippen molar-refractivity contribution in [3.63, 3.8) is 0 Å². The van der Waals surface area contributed by atoms with Gasteiger partial charge in [-0.05, 0) is 25.5 Å². The van der Waals surface area contributed by atoms with Gasteiger partial charge >= 0.3 is 0 Å². The fourth-order valence-electron chi connectivity index (χ4n) is 3.68. The summed E-state index contributed by atoms with van der Waals surface area (Å²) in [7, 11) is 1.72. The van der Waals surface area contributed by atoms with E-state index in [0.29, 0.717) is 6.54 Å². The summed E-state index contributed by atoms with van der Waals surface area (Å²) >= 11 is 0. The minimum atomic E-state index is -0.112. The number of methoxy groups -OCH3 is 1. The number of rotatable bonds is 7. The Labute approximate surface area is 168 Å². The first-order valence-corrected chi connectivity index (χ1v) is 9.98. The molecular weight excluding hydrogens is 350 g/mol. The fourth-order valence-corrected chi connectivity index (χ4v) is 3.68. The van der Waals surface area contributed by atoms with Gasteiger partial charge in [-0.2, -0.15) is 0 Å². The molecule has 2 aromatic carbocycles. The normalized spacial score (nSPS) is 16.5. The van der Waals surface area contributed by atoms with Crippen molar-refractivity contribution in [3.8, 4) is 5.75 Å². The molecule has 1 atom stereocenters. The van der Waals surface area contributed by atoms with Gasteiger partial charge in [-0.15, -0.1) is 0 Å². The maximum atomic E-state index is 12.5. The molecule has 150 valence electrons. The zero-order valence-corrected chi connectivity index (χ0v) is 17.1. The Bertz CT molecular complexity index is 771. The standard InChI is InChI=1S/C23H31N3O2/c1-18-9-10-22(28-3)21(15-18)17-25-11-13-26(14-12-25)19(2)23(27)24-16-20-7-5-4-6-8-20/h4-10,15,19H,11-14,16-17H2,1-3H3,(H,24,27)/t19-/m0/s1. The molecule has 5 nitrogen and oxygen atoms in total. The highest BCUT2D eigenvalue weighted by molar-refractivity contribution is 5.81. The van der Waals surface area contributed by atoms with Crippen molar-refractivity contribution in [1.82, 2.24) is 15.1 Å². The van der Waals surface area contributed by atoms with E-state index in [9.17, 15) is 4.79 Å². The topological polar surface area (TPSA) is 44.8 Å². The van der Waals surface area contributed by atoms with Crippen LogP contribution in [-0.4, -0.2) is 55.0 Å². The van der Waals surface area contributed by atoms with E-state index in [1.165, 1.54) is 11.1 Å². The van der Waals surface area contributed by atoms with Gasteiger partial charge in [0, 0.05) is 44.8 Å². The van der Waals surface area contributed by atoms with Crippen LogP contribution >= 0.6 is 0 Å². The predicted octanol–water partition coefficient (Wildman–Crippen LogP) is 2.83. The summed E-state index contributed by atoms with van der Waals surface area (Å²) in [5.41, 5.74) is 3.60.